The van der Waals surface area contributed by atoms with Crippen molar-refractivity contribution in [1.29, 1.82) is 0 Å². The fraction of sp³-hybridized carbons (Fsp3) is 1.00. The van der Waals surface area contributed by atoms with Gasteiger partial charge in [0.1, 0.15) is 0 Å². The molecule has 0 spiro atoms. The maximum atomic E-state index is 8.74. The summed E-state index contributed by atoms with van der Waals surface area (Å²) in [6.07, 6.45) is 2.41. The highest BCUT2D eigenvalue weighted by Crippen LogP contribution is 2.34. The van der Waals surface area contributed by atoms with Crippen molar-refractivity contribution in [1.82, 2.24) is 4.90 Å². The molecule has 3 unspecified atom stereocenters. The predicted octanol–water partition coefficient (Wildman–Crippen LogP) is 0.321. The quantitative estimate of drug-likeness (QED) is 0.598. The molecule has 1 N–H and O–H groups in total. The van der Waals surface area contributed by atoms with E-state index in [0.717, 1.165) is 18.3 Å². The van der Waals surface area contributed by atoms with Crippen LogP contribution in [0.2, 0.25) is 0 Å². The number of hydrogen-bond donors (Lipinski definition) is 1. The van der Waals surface area contributed by atoms with Crippen LogP contribution >= 0.6 is 0 Å². The van der Waals surface area contributed by atoms with E-state index in [1.54, 1.807) is 0 Å². The molecule has 2 saturated heterocycles. The van der Waals surface area contributed by atoms with Gasteiger partial charge in [-0.2, -0.15) is 0 Å². The molecule has 2 aliphatic rings. The SMILES string of the molecule is OCCC1CN2CCC1C2. The fourth-order valence-corrected chi connectivity index (χ4v) is 2.39. The number of aliphatic hydroxyl groups excluding tert-OH is 1. The summed E-state index contributed by atoms with van der Waals surface area (Å²) in [7, 11) is 0. The number of fused-ring (bicyclic) bond motifs is 2. The van der Waals surface area contributed by atoms with Gasteiger partial charge in [-0.15, -0.1) is 0 Å². The van der Waals surface area contributed by atoms with Crippen molar-refractivity contribution in [2.24, 2.45) is 11.8 Å². The van der Waals surface area contributed by atoms with E-state index in [9.17, 15) is 0 Å². The van der Waals surface area contributed by atoms with E-state index in [1.807, 2.05) is 0 Å². The Labute approximate surface area is 61.8 Å². The average molecular weight is 141 g/mol. The third kappa shape index (κ3) is 0.956. The third-order valence-electron chi connectivity index (χ3n) is 2.97. The zero-order valence-corrected chi connectivity index (χ0v) is 6.29. The Bertz CT molecular complexity index is 126. The fourth-order valence-electron chi connectivity index (χ4n) is 2.39. The lowest BCUT2D eigenvalue weighted by Crippen LogP contribution is -2.23. The molecule has 0 amide bonds. The highest BCUT2D eigenvalue weighted by atomic mass is 16.3. The Balaban J connectivity index is 1.90. The van der Waals surface area contributed by atoms with Gasteiger partial charge >= 0.3 is 0 Å². The van der Waals surface area contributed by atoms with Crippen LogP contribution < -0.4 is 0 Å². The first-order valence-electron chi connectivity index (χ1n) is 4.23. The summed E-state index contributed by atoms with van der Waals surface area (Å²) in [5.74, 6) is 1.74. The molecule has 2 heterocycles. The topological polar surface area (TPSA) is 23.5 Å². The summed E-state index contributed by atoms with van der Waals surface area (Å²) in [4.78, 5) is 2.52. The maximum absolute atomic E-state index is 8.74. The molecule has 2 heteroatoms. The molecule has 0 aromatic carbocycles. The van der Waals surface area contributed by atoms with Gasteiger partial charge in [-0.1, -0.05) is 0 Å². The van der Waals surface area contributed by atoms with Gasteiger partial charge in [0.15, 0.2) is 0 Å². The summed E-state index contributed by atoms with van der Waals surface area (Å²) in [5.41, 5.74) is 0. The lowest BCUT2D eigenvalue weighted by Gasteiger charge is -2.20. The van der Waals surface area contributed by atoms with E-state index in [0.29, 0.717) is 6.61 Å². The molecule has 2 aliphatic heterocycles. The van der Waals surface area contributed by atoms with Gasteiger partial charge in [-0.25, -0.2) is 0 Å². The first-order chi connectivity index (χ1) is 4.90. The van der Waals surface area contributed by atoms with Gasteiger partial charge in [0.25, 0.3) is 0 Å². The lowest BCUT2D eigenvalue weighted by atomic mass is 9.90. The average Bonchev–Trinajstić information content (AvgIpc) is 2.48. The normalized spacial score (nSPS) is 44.7. The molecule has 2 rings (SSSR count). The van der Waals surface area contributed by atoms with Gasteiger partial charge in [0.2, 0.25) is 0 Å². The van der Waals surface area contributed by atoms with Crippen LogP contribution in [0.5, 0.6) is 0 Å². The molecule has 0 saturated carbocycles. The summed E-state index contributed by atoms with van der Waals surface area (Å²) in [6, 6.07) is 0. The van der Waals surface area contributed by atoms with Gasteiger partial charge in [-0.05, 0) is 31.2 Å². The molecule has 2 nitrogen and oxygen atoms in total. The number of piperidine rings is 1. The minimum atomic E-state index is 0.384. The van der Waals surface area contributed by atoms with E-state index < -0.39 is 0 Å². The van der Waals surface area contributed by atoms with Crippen LogP contribution in [-0.2, 0) is 0 Å². The van der Waals surface area contributed by atoms with Crippen molar-refractivity contribution in [2.75, 3.05) is 26.2 Å². The summed E-state index contributed by atoms with van der Waals surface area (Å²) < 4.78 is 0. The zero-order chi connectivity index (χ0) is 6.97. The van der Waals surface area contributed by atoms with Crippen LogP contribution in [0.15, 0.2) is 0 Å². The first kappa shape index (κ1) is 6.62. The molecule has 0 aliphatic carbocycles. The van der Waals surface area contributed by atoms with Crippen LogP contribution in [0.3, 0.4) is 0 Å². The molecular formula is C8H15NO. The van der Waals surface area contributed by atoms with Crippen LogP contribution in [0.25, 0.3) is 0 Å². The largest absolute Gasteiger partial charge is 0.396 e. The van der Waals surface area contributed by atoms with Gasteiger partial charge in [0.05, 0.1) is 0 Å². The Morgan fingerprint density at radius 1 is 1.40 bits per heavy atom. The molecule has 10 heavy (non-hydrogen) atoms. The van der Waals surface area contributed by atoms with E-state index >= 15 is 0 Å². The Morgan fingerprint density at radius 3 is 2.80 bits per heavy atom. The van der Waals surface area contributed by atoms with Crippen molar-refractivity contribution in [3.63, 3.8) is 0 Å². The Hall–Kier alpha value is -0.0800. The molecule has 2 bridgehead atoms. The summed E-state index contributed by atoms with van der Waals surface area (Å²) in [6.45, 7) is 4.26. The molecule has 2 fully saturated rings. The van der Waals surface area contributed by atoms with E-state index in [4.69, 9.17) is 5.11 Å². The van der Waals surface area contributed by atoms with Crippen molar-refractivity contribution in [2.45, 2.75) is 12.8 Å². The second kappa shape index (κ2) is 2.51. The Kier molecular flexibility index (Phi) is 1.66. The molecule has 3 atom stereocenters. The number of hydrogen-bond acceptors (Lipinski definition) is 2. The van der Waals surface area contributed by atoms with Crippen LogP contribution in [0, 0.1) is 11.8 Å². The Morgan fingerprint density at radius 2 is 2.30 bits per heavy atom. The summed E-state index contributed by atoms with van der Waals surface area (Å²) in [5, 5.41) is 8.74. The smallest absolute Gasteiger partial charge is 0.0434 e. The van der Waals surface area contributed by atoms with E-state index in [-0.39, 0.29) is 0 Å². The highest BCUT2D eigenvalue weighted by molar-refractivity contribution is 4.89. The highest BCUT2D eigenvalue weighted by Gasteiger charge is 2.36. The predicted molar refractivity (Wildman–Crippen MR) is 39.7 cm³/mol. The molecule has 0 aromatic heterocycles. The number of rotatable bonds is 2. The van der Waals surface area contributed by atoms with Gasteiger partial charge in [-0.3, -0.25) is 0 Å². The van der Waals surface area contributed by atoms with Crippen molar-refractivity contribution < 1.29 is 5.11 Å². The van der Waals surface area contributed by atoms with Crippen molar-refractivity contribution >= 4 is 0 Å². The first-order valence-corrected chi connectivity index (χ1v) is 4.23. The standard InChI is InChI=1S/C8H15NO/c10-4-2-8-6-9-3-1-7(8)5-9/h7-8,10H,1-6H2. The number of nitrogens with zero attached hydrogens (tertiary/aromatic N) is 1. The third-order valence-corrected chi connectivity index (χ3v) is 2.97. The number of aliphatic hydroxyl groups is 1. The van der Waals surface area contributed by atoms with Crippen LogP contribution in [0.1, 0.15) is 12.8 Å². The van der Waals surface area contributed by atoms with Crippen LogP contribution in [0.4, 0.5) is 0 Å². The lowest BCUT2D eigenvalue weighted by molar-refractivity contribution is 0.217. The maximum Gasteiger partial charge on any atom is 0.0434 e. The molecular weight excluding hydrogens is 126 g/mol. The van der Waals surface area contributed by atoms with Gasteiger partial charge < -0.3 is 10.0 Å². The second-order valence-corrected chi connectivity index (χ2v) is 3.58. The van der Waals surface area contributed by atoms with E-state index in [1.165, 1.54) is 26.1 Å². The molecule has 0 aromatic rings. The zero-order valence-electron chi connectivity index (χ0n) is 6.29. The van der Waals surface area contributed by atoms with Crippen molar-refractivity contribution in [3.8, 4) is 0 Å². The monoisotopic (exact) mass is 141 g/mol. The summed E-state index contributed by atoms with van der Waals surface area (Å²) >= 11 is 0. The molecule has 58 valence electrons. The van der Waals surface area contributed by atoms with Crippen molar-refractivity contribution in [3.05, 3.63) is 0 Å². The minimum absolute atomic E-state index is 0.384. The molecule has 0 radical (unpaired) electrons. The second-order valence-electron chi connectivity index (χ2n) is 3.58. The van der Waals surface area contributed by atoms with Gasteiger partial charge in [0, 0.05) is 19.7 Å². The van der Waals surface area contributed by atoms with E-state index in [2.05, 4.69) is 4.90 Å². The van der Waals surface area contributed by atoms with Crippen LogP contribution in [-0.4, -0.2) is 36.2 Å². The minimum Gasteiger partial charge on any atom is -0.396 e.